The van der Waals surface area contributed by atoms with Gasteiger partial charge in [0.05, 0.1) is 0 Å². The van der Waals surface area contributed by atoms with Crippen LogP contribution in [0, 0.1) is 0 Å². The molecule has 0 aliphatic rings. The summed E-state index contributed by atoms with van der Waals surface area (Å²) in [6.45, 7) is 2.15. The number of hydrogen-bond acceptors (Lipinski definition) is 1. The molecule has 0 aromatic heterocycles. The first-order valence-electron chi connectivity index (χ1n) is 1.37. The SMILES string of the molecule is C=C([O-])C(F)(F)F. The maximum Gasteiger partial charge on any atom is 0.401 e. The topological polar surface area (TPSA) is 23.1 Å². The van der Waals surface area contributed by atoms with E-state index in [2.05, 4.69) is 6.58 Å². The Bertz CT molecular complexity index is 82.7. The van der Waals surface area contributed by atoms with E-state index in [1.165, 1.54) is 0 Å². The summed E-state index contributed by atoms with van der Waals surface area (Å²) in [5.74, 6) is -2.01. The molecule has 0 amide bonds. The molecule has 0 aromatic rings. The van der Waals surface area contributed by atoms with E-state index < -0.39 is 11.9 Å². The van der Waals surface area contributed by atoms with E-state index >= 15 is 0 Å². The third-order valence-corrected chi connectivity index (χ3v) is 0.316. The van der Waals surface area contributed by atoms with Crippen molar-refractivity contribution in [2.75, 3.05) is 0 Å². The van der Waals surface area contributed by atoms with Crippen molar-refractivity contribution in [2.24, 2.45) is 0 Å². The monoisotopic (exact) mass is 111 g/mol. The summed E-state index contributed by atoms with van der Waals surface area (Å²) in [7, 11) is 0. The molecule has 0 spiro atoms. The van der Waals surface area contributed by atoms with Gasteiger partial charge >= 0.3 is 6.18 Å². The maximum atomic E-state index is 10.8. The average molecular weight is 111 g/mol. The van der Waals surface area contributed by atoms with Gasteiger partial charge < -0.3 is 5.11 Å². The molecule has 0 bridgehead atoms. The van der Waals surface area contributed by atoms with Crippen LogP contribution in [-0.2, 0) is 0 Å². The predicted octanol–water partition coefficient (Wildman–Crippen LogP) is 0.423. The molecule has 0 fully saturated rings. The molecule has 0 N–H and O–H groups in total. The van der Waals surface area contributed by atoms with Crippen LogP contribution < -0.4 is 5.11 Å². The van der Waals surface area contributed by atoms with Crippen molar-refractivity contribution in [3.8, 4) is 0 Å². The zero-order valence-corrected chi connectivity index (χ0v) is 3.25. The highest BCUT2D eigenvalue weighted by Crippen LogP contribution is 2.18. The Labute approximate surface area is 38.1 Å². The Morgan fingerprint density at radius 2 is 1.57 bits per heavy atom. The van der Waals surface area contributed by atoms with E-state index in [-0.39, 0.29) is 0 Å². The quantitative estimate of drug-likeness (QED) is 0.415. The van der Waals surface area contributed by atoms with Crippen molar-refractivity contribution in [1.82, 2.24) is 0 Å². The van der Waals surface area contributed by atoms with Gasteiger partial charge in [0.1, 0.15) is 0 Å². The summed E-state index contributed by atoms with van der Waals surface area (Å²) in [6.07, 6.45) is -4.75. The van der Waals surface area contributed by atoms with Crippen LogP contribution in [0.4, 0.5) is 13.2 Å². The van der Waals surface area contributed by atoms with Crippen molar-refractivity contribution in [3.63, 3.8) is 0 Å². The molecule has 0 rings (SSSR count). The van der Waals surface area contributed by atoms with E-state index in [0.717, 1.165) is 0 Å². The molecule has 4 heteroatoms. The molecule has 0 atom stereocenters. The molecular weight excluding hydrogens is 109 g/mol. The lowest BCUT2D eigenvalue weighted by molar-refractivity contribution is -0.359. The maximum absolute atomic E-state index is 10.8. The van der Waals surface area contributed by atoms with Gasteiger partial charge in [-0.05, 0) is 5.76 Å². The van der Waals surface area contributed by atoms with E-state index in [0.29, 0.717) is 0 Å². The summed E-state index contributed by atoms with van der Waals surface area (Å²) in [6, 6.07) is 0. The molecule has 0 heterocycles. The number of hydrogen-bond donors (Lipinski definition) is 0. The lowest BCUT2D eigenvalue weighted by atomic mass is 10.6. The lowest BCUT2D eigenvalue weighted by Gasteiger charge is -2.11. The Morgan fingerprint density at radius 3 is 1.57 bits per heavy atom. The van der Waals surface area contributed by atoms with Crippen LogP contribution in [0.5, 0.6) is 0 Å². The van der Waals surface area contributed by atoms with Gasteiger partial charge in [-0.15, -0.1) is 6.58 Å². The molecule has 0 aliphatic carbocycles. The van der Waals surface area contributed by atoms with Gasteiger partial charge in [-0.1, -0.05) is 0 Å². The first-order valence-corrected chi connectivity index (χ1v) is 1.37. The fourth-order valence-electron chi connectivity index (χ4n) is 0. The van der Waals surface area contributed by atoms with E-state index in [1.807, 2.05) is 0 Å². The smallest absolute Gasteiger partial charge is 0.401 e. The van der Waals surface area contributed by atoms with Crippen molar-refractivity contribution in [1.29, 1.82) is 0 Å². The van der Waals surface area contributed by atoms with Crippen molar-refractivity contribution in [3.05, 3.63) is 12.3 Å². The predicted molar refractivity (Wildman–Crippen MR) is 15.2 cm³/mol. The summed E-state index contributed by atoms with van der Waals surface area (Å²) in [4.78, 5) is 0. The molecule has 42 valence electrons. The van der Waals surface area contributed by atoms with E-state index in [1.54, 1.807) is 0 Å². The van der Waals surface area contributed by atoms with Gasteiger partial charge in [0, 0.05) is 0 Å². The normalized spacial score (nSPS) is 11.3. The molecule has 7 heavy (non-hydrogen) atoms. The van der Waals surface area contributed by atoms with Crippen LogP contribution in [-0.4, -0.2) is 6.18 Å². The Hall–Kier alpha value is -0.670. The number of rotatable bonds is 0. The second-order valence-electron chi connectivity index (χ2n) is 0.921. The van der Waals surface area contributed by atoms with Gasteiger partial charge in [-0.25, -0.2) is 0 Å². The average Bonchev–Trinajstić information content (AvgIpc) is 1.31. The van der Waals surface area contributed by atoms with Crippen LogP contribution >= 0.6 is 0 Å². The van der Waals surface area contributed by atoms with Gasteiger partial charge in [-0.3, -0.25) is 0 Å². The van der Waals surface area contributed by atoms with Gasteiger partial charge in [-0.2, -0.15) is 13.2 Å². The Kier molecular flexibility index (Phi) is 1.30. The minimum Gasteiger partial charge on any atom is -0.870 e. The molecule has 0 aromatic carbocycles. The highest BCUT2D eigenvalue weighted by molar-refractivity contribution is 4.85. The third-order valence-electron chi connectivity index (χ3n) is 0.316. The fourth-order valence-corrected chi connectivity index (χ4v) is 0. The van der Waals surface area contributed by atoms with Crippen LogP contribution in [0.25, 0.3) is 0 Å². The fraction of sp³-hybridized carbons (Fsp3) is 0.333. The molecular formula is C3H2F3O-. The van der Waals surface area contributed by atoms with Crippen molar-refractivity contribution < 1.29 is 18.3 Å². The van der Waals surface area contributed by atoms with Crippen LogP contribution in [0.1, 0.15) is 0 Å². The number of alkyl halides is 3. The van der Waals surface area contributed by atoms with E-state index in [4.69, 9.17) is 0 Å². The first-order chi connectivity index (χ1) is 2.94. The molecule has 0 unspecified atom stereocenters. The summed E-state index contributed by atoms with van der Waals surface area (Å²) < 4.78 is 32.3. The molecule has 0 saturated heterocycles. The largest absolute Gasteiger partial charge is 0.870 e. The Morgan fingerprint density at radius 1 is 1.43 bits per heavy atom. The second kappa shape index (κ2) is 1.44. The minimum absolute atomic E-state index is 2.01. The van der Waals surface area contributed by atoms with Crippen molar-refractivity contribution in [2.45, 2.75) is 6.18 Å². The Balaban J connectivity index is 3.79. The number of allylic oxidation sites excluding steroid dienone is 1. The summed E-state index contributed by atoms with van der Waals surface area (Å²) >= 11 is 0. The van der Waals surface area contributed by atoms with Gasteiger partial charge in [0.2, 0.25) is 0 Å². The van der Waals surface area contributed by atoms with E-state index in [9.17, 15) is 18.3 Å². The first kappa shape index (κ1) is 6.33. The van der Waals surface area contributed by atoms with Gasteiger partial charge in [0.15, 0.2) is 0 Å². The minimum atomic E-state index is -4.75. The van der Waals surface area contributed by atoms with Crippen LogP contribution in [0.2, 0.25) is 0 Å². The van der Waals surface area contributed by atoms with Crippen LogP contribution in [0.3, 0.4) is 0 Å². The standard InChI is InChI=1S/C3H3F3O/c1-2(7)3(4,5)6/h7H,1H2/p-1. The third kappa shape index (κ3) is 2.08. The summed E-state index contributed by atoms with van der Waals surface area (Å²) in [5, 5.41) is 9.23. The zero-order valence-electron chi connectivity index (χ0n) is 3.25. The molecule has 0 radical (unpaired) electrons. The summed E-state index contributed by atoms with van der Waals surface area (Å²) in [5.41, 5.74) is 0. The number of halogens is 3. The zero-order chi connectivity index (χ0) is 6.08. The van der Waals surface area contributed by atoms with Gasteiger partial charge in [0.25, 0.3) is 0 Å². The highest BCUT2D eigenvalue weighted by Gasteiger charge is 2.23. The molecule has 0 saturated carbocycles. The second-order valence-corrected chi connectivity index (χ2v) is 0.921. The van der Waals surface area contributed by atoms with Crippen LogP contribution in [0.15, 0.2) is 12.3 Å². The lowest BCUT2D eigenvalue weighted by Crippen LogP contribution is -2.20. The highest BCUT2D eigenvalue weighted by atomic mass is 19.4. The molecule has 0 aliphatic heterocycles. The molecule has 1 nitrogen and oxygen atoms in total. The van der Waals surface area contributed by atoms with Crippen molar-refractivity contribution >= 4 is 0 Å².